The number of benzene rings is 2. The summed E-state index contributed by atoms with van der Waals surface area (Å²) >= 11 is 0. The molecule has 0 saturated heterocycles. The molecule has 34 heavy (non-hydrogen) atoms. The van der Waals surface area contributed by atoms with Crippen LogP contribution in [0.2, 0.25) is 0 Å². The summed E-state index contributed by atoms with van der Waals surface area (Å²) in [5, 5.41) is 20.6. The number of aromatic nitrogens is 6. The molecule has 0 spiro atoms. The molecule has 1 amide bonds. The number of nitrogens with zero attached hydrogens (tertiary/aromatic N) is 5. The van der Waals surface area contributed by atoms with Crippen molar-refractivity contribution in [3.05, 3.63) is 77.2 Å². The molecule has 0 fully saturated rings. The second-order valence-corrected chi connectivity index (χ2v) is 7.31. The summed E-state index contributed by atoms with van der Waals surface area (Å²) in [6.45, 7) is 2.63. The Morgan fingerprint density at radius 3 is 2.47 bits per heavy atom. The van der Waals surface area contributed by atoms with E-state index in [1.54, 1.807) is 12.1 Å². The average molecular weight is 471 g/mol. The zero-order chi connectivity index (χ0) is 24.1. The molecular weight excluding hydrogens is 451 g/mol. The first kappa shape index (κ1) is 23.0. The number of hydrogen-bond acceptors (Lipinski definition) is 6. The number of alkyl halides is 3. The topological polar surface area (TPSA) is 111 Å². The third kappa shape index (κ3) is 5.77. The third-order valence-electron chi connectivity index (χ3n) is 4.95. The number of amides is 1. The minimum absolute atomic E-state index is 0.163. The SMILES string of the molecule is CCc1cc(-c2ccc(OC(F)(F)F)cc2)nn1Cc1ccc(C(=O)NCc2nn[nH]n2)cc1. The van der Waals surface area contributed by atoms with Crippen molar-refractivity contribution < 1.29 is 22.7 Å². The van der Waals surface area contributed by atoms with Crippen LogP contribution >= 0.6 is 0 Å². The molecule has 0 aliphatic carbocycles. The second-order valence-electron chi connectivity index (χ2n) is 7.31. The summed E-state index contributed by atoms with van der Waals surface area (Å²) in [7, 11) is 0. The van der Waals surface area contributed by atoms with E-state index in [4.69, 9.17) is 0 Å². The van der Waals surface area contributed by atoms with Gasteiger partial charge in [-0.25, -0.2) is 0 Å². The highest BCUT2D eigenvalue weighted by atomic mass is 19.4. The van der Waals surface area contributed by atoms with Gasteiger partial charge in [0.1, 0.15) is 5.75 Å². The van der Waals surface area contributed by atoms with E-state index in [0.717, 1.165) is 17.7 Å². The molecular formula is C22H20F3N7O2. The number of aryl methyl sites for hydroxylation is 1. The van der Waals surface area contributed by atoms with Crippen molar-refractivity contribution in [2.45, 2.75) is 32.8 Å². The van der Waals surface area contributed by atoms with E-state index in [1.807, 2.05) is 29.8 Å². The van der Waals surface area contributed by atoms with Crippen LogP contribution in [0.25, 0.3) is 11.3 Å². The van der Waals surface area contributed by atoms with Crippen molar-refractivity contribution in [1.82, 2.24) is 35.7 Å². The maximum absolute atomic E-state index is 12.4. The summed E-state index contributed by atoms with van der Waals surface area (Å²) < 4.78 is 42.9. The highest BCUT2D eigenvalue weighted by Crippen LogP contribution is 2.26. The Labute approximate surface area is 191 Å². The van der Waals surface area contributed by atoms with Crippen LogP contribution < -0.4 is 10.1 Å². The van der Waals surface area contributed by atoms with E-state index < -0.39 is 6.36 Å². The smallest absolute Gasteiger partial charge is 0.406 e. The lowest BCUT2D eigenvalue weighted by Gasteiger charge is -2.09. The van der Waals surface area contributed by atoms with Gasteiger partial charge in [0.05, 0.1) is 18.8 Å². The molecule has 0 aliphatic rings. The van der Waals surface area contributed by atoms with E-state index in [2.05, 4.69) is 35.8 Å². The number of tetrazole rings is 1. The van der Waals surface area contributed by atoms with Crippen molar-refractivity contribution in [3.63, 3.8) is 0 Å². The summed E-state index contributed by atoms with van der Waals surface area (Å²) in [6.07, 6.45) is -4.01. The van der Waals surface area contributed by atoms with Gasteiger partial charge < -0.3 is 10.1 Å². The first-order valence-electron chi connectivity index (χ1n) is 10.3. The Morgan fingerprint density at radius 2 is 1.85 bits per heavy atom. The van der Waals surface area contributed by atoms with Gasteiger partial charge in [0.15, 0.2) is 5.82 Å². The van der Waals surface area contributed by atoms with Gasteiger partial charge >= 0.3 is 6.36 Å². The van der Waals surface area contributed by atoms with Crippen LogP contribution in [0, 0.1) is 0 Å². The van der Waals surface area contributed by atoms with E-state index in [-0.39, 0.29) is 18.2 Å². The van der Waals surface area contributed by atoms with Crippen molar-refractivity contribution in [1.29, 1.82) is 0 Å². The number of halogens is 3. The van der Waals surface area contributed by atoms with E-state index in [0.29, 0.717) is 29.2 Å². The first-order chi connectivity index (χ1) is 16.3. The number of carbonyl (C=O) groups excluding carboxylic acids is 1. The van der Waals surface area contributed by atoms with Gasteiger partial charge in [0.2, 0.25) is 0 Å². The van der Waals surface area contributed by atoms with Crippen molar-refractivity contribution in [3.8, 4) is 17.0 Å². The van der Waals surface area contributed by atoms with Crippen LogP contribution in [0.3, 0.4) is 0 Å². The Bertz CT molecular complexity index is 1240. The molecule has 2 heterocycles. The first-order valence-corrected chi connectivity index (χ1v) is 10.3. The number of aromatic amines is 1. The maximum Gasteiger partial charge on any atom is 0.573 e. The highest BCUT2D eigenvalue weighted by Gasteiger charge is 2.31. The van der Waals surface area contributed by atoms with Crippen LogP contribution in [-0.2, 0) is 19.5 Å². The summed E-state index contributed by atoms with van der Waals surface area (Å²) in [5.74, 6) is -0.160. The molecule has 2 N–H and O–H groups in total. The normalized spacial score (nSPS) is 11.4. The Balaban J connectivity index is 1.43. The zero-order valence-corrected chi connectivity index (χ0v) is 18.0. The van der Waals surface area contributed by atoms with Crippen LogP contribution in [0.4, 0.5) is 13.2 Å². The minimum atomic E-state index is -4.73. The van der Waals surface area contributed by atoms with Crippen LogP contribution in [-0.4, -0.2) is 42.7 Å². The molecule has 12 heteroatoms. The van der Waals surface area contributed by atoms with Crippen LogP contribution in [0.5, 0.6) is 5.75 Å². The van der Waals surface area contributed by atoms with Gasteiger partial charge in [0, 0.05) is 16.8 Å². The lowest BCUT2D eigenvalue weighted by molar-refractivity contribution is -0.274. The molecule has 0 aliphatic heterocycles. The molecule has 9 nitrogen and oxygen atoms in total. The number of nitrogens with one attached hydrogen (secondary N) is 2. The highest BCUT2D eigenvalue weighted by molar-refractivity contribution is 5.94. The summed E-state index contributed by atoms with van der Waals surface area (Å²) in [4.78, 5) is 12.3. The van der Waals surface area contributed by atoms with Crippen molar-refractivity contribution >= 4 is 5.91 Å². The fourth-order valence-electron chi connectivity index (χ4n) is 3.30. The number of hydrogen-bond donors (Lipinski definition) is 2. The van der Waals surface area contributed by atoms with Gasteiger partial charge in [-0.15, -0.1) is 23.4 Å². The zero-order valence-electron chi connectivity index (χ0n) is 18.0. The van der Waals surface area contributed by atoms with Crippen molar-refractivity contribution in [2.24, 2.45) is 0 Å². The Hall–Kier alpha value is -4.22. The number of ether oxygens (including phenoxy) is 1. The lowest BCUT2D eigenvalue weighted by atomic mass is 10.1. The third-order valence-corrected chi connectivity index (χ3v) is 4.95. The van der Waals surface area contributed by atoms with Gasteiger partial charge in [-0.05, 0) is 54.4 Å². The molecule has 2 aromatic carbocycles. The van der Waals surface area contributed by atoms with Crippen LogP contribution in [0.15, 0.2) is 54.6 Å². The summed E-state index contributed by atoms with van der Waals surface area (Å²) in [6, 6.07) is 14.6. The Kier molecular flexibility index (Phi) is 6.57. The number of carbonyl (C=O) groups is 1. The van der Waals surface area contributed by atoms with Gasteiger partial charge in [-0.3, -0.25) is 9.48 Å². The molecule has 0 saturated carbocycles. The van der Waals surface area contributed by atoms with Crippen LogP contribution in [0.1, 0.15) is 34.4 Å². The standard InChI is InChI=1S/C22H20F3N7O2/c1-2-17-11-19(15-7-9-18(10-8-15)34-22(23,24)25)29-32(17)13-14-3-5-16(6-4-14)21(33)26-12-20-27-30-31-28-20/h3-11H,2,12-13H2,1H3,(H,26,33)(H,27,28,30,31). The lowest BCUT2D eigenvalue weighted by Crippen LogP contribution is -2.23. The van der Waals surface area contributed by atoms with Gasteiger partial charge in [0.25, 0.3) is 5.91 Å². The van der Waals surface area contributed by atoms with Gasteiger partial charge in [-0.2, -0.15) is 10.3 Å². The second kappa shape index (κ2) is 9.73. The molecule has 4 rings (SSSR count). The predicted molar refractivity (Wildman–Crippen MR) is 115 cm³/mol. The van der Waals surface area contributed by atoms with E-state index in [1.165, 1.54) is 24.3 Å². The maximum atomic E-state index is 12.4. The minimum Gasteiger partial charge on any atom is -0.406 e. The fraction of sp³-hybridized carbons (Fsp3) is 0.227. The quantitative estimate of drug-likeness (QED) is 0.407. The molecule has 0 radical (unpaired) electrons. The molecule has 0 bridgehead atoms. The molecule has 2 aromatic heterocycles. The Morgan fingerprint density at radius 1 is 1.12 bits per heavy atom. The largest absolute Gasteiger partial charge is 0.573 e. The van der Waals surface area contributed by atoms with E-state index >= 15 is 0 Å². The summed E-state index contributed by atoms with van der Waals surface area (Å²) in [5.41, 5.74) is 3.72. The number of H-pyrrole nitrogens is 1. The average Bonchev–Trinajstić information content (AvgIpc) is 3.47. The fourth-order valence-corrected chi connectivity index (χ4v) is 3.30. The molecule has 0 atom stereocenters. The monoisotopic (exact) mass is 471 g/mol. The van der Waals surface area contributed by atoms with Crippen molar-refractivity contribution in [2.75, 3.05) is 0 Å². The molecule has 0 unspecified atom stereocenters. The van der Waals surface area contributed by atoms with Gasteiger partial charge in [-0.1, -0.05) is 24.3 Å². The molecule has 4 aromatic rings. The van der Waals surface area contributed by atoms with E-state index in [9.17, 15) is 18.0 Å². The predicted octanol–water partition coefficient (Wildman–Crippen LogP) is 3.50. The molecule has 176 valence electrons. The number of rotatable bonds is 8.